The van der Waals surface area contributed by atoms with Crippen LogP contribution >= 0.6 is 0 Å². The number of likely N-dealkylation sites (tertiary alicyclic amines) is 2. The number of hydrogen-bond acceptors (Lipinski definition) is 9. The lowest BCUT2D eigenvalue weighted by Gasteiger charge is -2.43. The molecule has 9 rings (SSSR count). The van der Waals surface area contributed by atoms with Crippen molar-refractivity contribution in [1.29, 1.82) is 0 Å². The number of phenolic OH excluding ortho intramolecular Hbond substituents is 1. The number of fused-ring (bicyclic) bond motifs is 6. The summed E-state index contributed by atoms with van der Waals surface area (Å²) in [6, 6.07) is 19.3. The van der Waals surface area contributed by atoms with Crippen LogP contribution in [0.15, 0.2) is 73.3 Å². The average molecular weight is 982 g/mol. The SMILES string of the molecule is C=CC(=O)N1CC[C@H](C(=O)N(C)[C@H](C(=O)N[C@@]2(C3CC3)Cc3cc(O)cc(c3)-c3ccc4c(c3)c(c(-c3ccc(C5CCN(C)CC5)cc3)n4CC)CC(C)(C)COC(=O)[C@@H]3CCCN(N3)C2=O)C(C)C)C1. The number of cyclic esters (lactones) is 1. The zero-order valence-electron chi connectivity index (χ0n) is 43.5. The number of rotatable bonds is 10. The molecule has 4 fully saturated rings. The maximum atomic E-state index is 15.5. The second-order valence-electron chi connectivity index (χ2n) is 22.6. The number of carbonyl (C=O) groups is 5. The molecule has 1 saturated carbocycles. The molecule has 4 amide bonds. The van der Waals surface area contributed by atoms with Gasteiger partial charge in [-0.3, -0.25) is 29.0 Å². The molecule has 14 nitrogen and oxygen atoms in total. The number of aryl methyl sites for hydroxylation is 1. The Balaban J connectivity index is 1.13. The molecular formula is C58H75N7O7. The topological polar surface area (TPSA) is 157 Å². The van der Waals surface area contributed by atoms with Crippen LogP contribution in [-0.4, -0.2) is 130 Å². The van der Waals surface area contributed by atoms with Crippen LogP contribution in [0.1, 0.15) is 102 Å². The number of aromatic hydroxyl groups is 1. The van der Waals surface area contributed by atoms with Crippen LogP contribution in [0.3, 0.4) is 0 Å². The van der Waals surface area contributed by atoms with Crippen LogP contribution in [-0.2, 0) is 48.1 Å². The minimum absolute atomic E-state index is 0.0307. The summed E-state index contributed by atoms with van der Waals surface area (Å²) in [6.45, 7) is 17.8. The highest BCUT2D eigenvalue weighted by molar-refractivity contribution is 5.97. The minimum Gasteiger partial charge on any atom is -0.508 e. The van der Waals surface area contributed by atoms with Crippen molar-refractivity contribution in [3.63, 3.8) is 0 Å². The fourth-order valence-electron chi connectivity index (χ4n) is 12.3. The molecule has 5 aliphatic rings. The van der Waals surface area contributed by atoms with Gasteiger partial charge in [0.15, 0.2) is 0 Å². The molecule has 1 aromatic heterocycles. The lowest BCUT2D eigenvalue weighted by atomic mass is 9.82. The molecule has 384 valence electrons. The van der Waals surface area contributed by atoms with Crippen LogP contribution in [0.2, 0.25) is 0 Å². The number of esters is 1. The summed E-state index contributed by atoms with van der Waals surface area (Å²) in [5.74, 6) is -2.32. The Morgan fingerprint density at radius 3 is 2.32 bits per heavy atom. The number of nitrogens with zero attached hydrogens (tertiary/aromatic N) is 5. The molecule has 4 aromatic rings. The van der Waals surface area contributed by atoms with Crippen molar-refractivity contribution in [1.82, 2.24) is 35.0 Å². The van der Waals surface area contributed by atoms with Crippen molar-refractivity contribution in [2.24, 2.45) is 23.2 Å². The number of aromatic nitrogens is 1. The molecule has 1 aliphatic carbocycles. The van der Waals surface area contributed by atoms with Gasteiger partial charge in [-0.2, -0.15) is 0 Å². The quantitative estimate of drug-likeness (QED) is 0.109. The summed E-state index contributed by atoms with van der Waals surface area (Å²) >= 11 is 0. The Morgan fingerprint density at radius 1 is 0.917 bits per heavy atom. The molecule has 6 bridgehead atoms. The van der Waals surface area contributed by atoms with Crippen LogP contribution < -0.4 is 10.7 Å². The van der Waals surface area contributed by atoms with Gasteiger partial charge in [-0.25, -0.2) is 5.43 Å². The normalized spacial score (nSPS) is 23.7. The predicted octanol–water partition coefficient (Wildman–Crippen LogP) is 7.46. The van der Waals surface area contributed by atoms with E-state index in [1.54, 1.807) is 24.1 Å². The summed E-state index contributed by atoms with van der Waals surface area (Å²) in [7, 11) is 3.81. The number of benzene rings is 3. The van der Waals surface area contributed by atoms with E-state index in [0.29, 0.717) is 63.1 Å². The Labute approximate surface area is 425 Å². The molecule has 0 unspecified atom stereocenters. The number of hydrogen-bond donors (Lipinski definition) is 3. The summed E-state index contributed by atoms with van der Waals surface area (Å²) in [4.78, 5) is 76.9. The second kappa shape index (κ2) is 20.5. The van der Waals surface area contributed by atoms with Gasteiger partial charge in [-0.05, 0) is 160 Å². The highest BCUT2D eigenvalue weighted by Gasteiger charge is 2.55. The number of carbonyl (C=O) groups excluding carboxylic acids is 5. The number of ether oxygens (including phenoxy) is 1. The van der Waals surface area contributed by atoms with Crippen molar-refractivity contribution < 1.29 is 33.8 Å². The van der Waals surface area contributed by atoms with Crippen LogP contribution in [0.25, 0.3) is 33.3 Å². The third-order valence-corrected chi connectivity index (χ3v) is 16.3. The van der Waals surface area contributed by atoms with Crippen molar-refractivity contribution in [2.45, 2.75) is 122 Å². The average Bonchev–Trinajstić information content (AvgIpc) is 4.04. The molecule has 3 saturated heterocycles. The smallest absolute Gasteiger partial charge is 0.324 e. The van der Waals surface area contributed by atoms with E-state index in [0.717, 1.165) is 71.3 Å². The molecule has 72 heavy (non-hydrogen) atoms. The Kier molecular flexibility index (Phi) is 14.5. The van der Waals surface area contributed by atoms with Crippen molar-refractivity contribution >= 4 is 40.5 Å². The first-order valence-corrected chi connectivity index (χ1v) is 26.4. The van der Waals surface area contributed by atoms with Gasteiger partial charge in [0.05, 0.1) is 18.2 Å². The summed E-state index contributed by atoms with van der Waals surface area (Å²) in [5.41, 5.74) is 9.43. The zero-order valence-corrected chi connectivity index (χ0v) is 43.5. The van der Waals surface area contributed by atoms with Crippen molar-refractivity contribution in [3.8, 4) is 28.1 Å². The molecule has 3 aromatic carbocycles. The number of likely N-dealkylation sites (N-methyl/N-ethyl adjacent to an activating group) is 1. The van der Waals surface area contributed by atoms with E-state index in [1.807, 2.05) is 19.9 Å². The molecule has 4 atom stereocenters. The van der Waals surface area contributed by atoms with E-state index < -0.39 is 40.8 Å². The maximum Gasteiger partial charge on any atom is 0.324 e. The minimum atomic E-state index is -1.51. The first-order chi connectivity index (χ1) is 34.4. The third-order valence-electron chi connectivity index (χ3n) is 16.3. The fraction of sp³-hybridized carbons (Fsp3) is 0.534. The zero-order chi connectivity index (χ0) is 51.2. The lowest BCUT2D eigenvalue weighted by Crippen LogP contribution is -2.69. The molecule has 14 heteroatoms. The predicted molar refractivity (Wildman–Crippen MR) is 280 cm³/mol. The van der Waals surface area contributed by atoms with Gasteiger partial charge < -0.3 is 34.4 Å². The number of amides is 4. The first kappa shape index (κ1) is 50.9. The molecule has 4 aliphatic heterocycles. The van der Waals surface area contributed by atoms with Gasteiger partial charge in [0.1, 0.15) is 23.4 Å². The van der Waals surface area contributed by atoms with E-state index in [2.05, 4.69) is 97.1 Å². The highest BCUT2D eigenvalue weighted by atomic mass is 16.5. The van der Waals surface area contributed by atoms with E-state index in [1.165, 1.54) is 21.5 Å². The number of nitrogens with one attached hydrogen (secondary N) is 2. The summed E-state index contributed by atoms with van der Waals surface area (Å²) < 4.78 is 8.62. The van der Waals surface area contributed by atoms with Crippen molar-refractivity contribution in [2.75, 3.05) is 53.4 Å². The van der Waals surface area contributed by atoms with Crippen molar-refractivity contribution in [3.05, 3.63) is 90.0 Å². The monoisotopic (exact) mass is 982 g/mol. The summed E-state index contributed by atoms with van der Waals surface area (Å²) in [5, 5.41) is 17.5. The molecule has 0 spiro atoms. The fourth-order valence-corrected chi connectivity index (χ4v) is 12.3. The lowest BCUT2D eigenvalue weighted by molar-refractivity contribution is -0.158. The first-order valence-electron chi connectivity index (χ1n) is 26.4. The van der Waals surface area contributed by atoms with E-state index in [9.17, 15) is 19.5 Å². The Bertz CT molecular complexity index is 2730. The van der Waals surface area contributed by atoms with Gasteiger partial charge in [0, 0.05) is 56.0 Å². The molecule has 0 radical (unpaired) electrons. The number of piperidine rings is 1. The maximum absolute atomic E-state index is 15.5. The standard InChI is InChI=1S/C58H75N7O7/c1-9-50(67)63-27-23-42(34-63)54(69)62(8)51(36(3)4)53(68)59-58(44-18-19-44)32-37-28-43(30-45(66)29-37)41-17-20-49-46(31-41)47(33-57(5,6)35-72-55(70)48-12-11-24-65(60-48)56(58)71)52(64(49)10-2)40-15-13-38(14-16-40)39-21-25-61(7)26-22-39/h9,13-17,20,28-31,36,39,42,44,48,51,60,66H,1,10-12,18-19,21-27,32-35H2,2-8H3,(H,59,68)/t42-,48-,51-,58+/m0/s1. The third kappa shape index (κ3) is 10.2. The largest absolute Gasteiger partial charge is 0.508 e. The van der Waals surface area contributed by atoms with E-state index >= 15 is 9.59 Å². The molecule has 3 N–H and O–H groups in total. The van der Waals surface area contributed by atoms with Crippen LogP contribution in [0.5, 0.6) is 5.75 Å². The number of phenols is 1. The summed E-state index contributed by atoms with van der Waals surface area (Å²) in [6.07, 6.45) is 6.99. The van der Waals surface area contributed by atoms with Crippen LogP contribution in [0.4, 0.5) is 0 Å². The molecule has 5 heterocycles. The van der Waals surface area contributed by atoms with Gasteiger partial charge in [-0.15, -0.1) is 0 Å². The van der Waals surface area contributed by atoms with Gasteiger partial charge >= 0.3 is 5.97 Å². The van der Waals surface area contributed by atoms with Crippen LogP contribution in [0, 0.1) is 23.2 Å². The Hall–Kier alpha value is -5.99. The van der Waals surface area contributed by atoms with E-state index in [-0.39, 0.29) is 54.9 Å². The Morgan fingerprint density at radius 2 is 1.64 bits per heavy atom. The highest BCUT2D eigenvalue weighted by Crippen LogP contribution is 2.45. The second-order valence-corrected chi connectivity index (χ2v) is 22.6. The van der Waals surface area contributed by atoms with E-state index in [4.69, 9.17) is 4.74 Å². The molecular weight excluding hydrogens is 907 g/mol. The van der Waals surface area contributed by atoms with Gasteiger partial charge in [0.25, 0.3) is 5.91 Å². The van der Waals surface area contributed by atoms with Gasteiger partial charge in [-0.1, -0.05) is 70.7 Å². The van der Waals surface area contributed by atoms with Gasteiger partial charge in [0.2, 0.25) is 17.7 Å². The number of hydrazine groups is 1.